The van der Waals surface area contributed by atoms with Crippen molar-refractivity contribution in [3.63, 3.8) is 0 Å². The number of ether oxygens (including phenoxy) is 1. The predicted octanol–water partition coefficient (Wildman–Crippen LogP) is 4.44. The molecule has 1 aromatic rings. The van der Waals surface area contributed by atoms with Gasteiger partial charge >= 0.3 is 6.09 Å². The Morgan fingerprint density at radius 3 is 2.50 bits per heavy atom. The van der Waals surface area contributed by atoms with Crippen LogP contribution in [0, 0.1) is 11.8 Å². The highest BCUT2D eigenvalue weighted by Crippen LogP contribution is 2.50. The second kappa shape index (κ2) is 5.94. The van der Waals surface area contributed by atoms with E-state index in [2.05, 4.69) is 30.3 Å². The number of hydrogen-bond acceptors (Lipinski definition) is 2. The minimum Gasteiger partial charge on any atom is -0.444 e. The van der Waals surface area contributed by atoms with Gasteiger partial charge in [0, 0.05) is 13.1 Å². The molecule has 0 spiro atoms. The molecule has 0 radical (unpaired) electrons. The molecular formula is C19H27NO2. The van der Waals surface area contributed by atoms with Crippen molar-refractivity contribution < 1.29 is 9.53 Å². The van der Waals surface area contributed by atoms with E-state index in [4.69, 9.17) is 4.74 Å². The van der Waals surface area contributed by atoms with E-state index < -0.39 is 0 Å². The van der Waals surface area contributed by atoms with Gasteiger partial charge in [-0.15, -0.1) is 0 Å². The third-order valence-corrected chi connectivity index (χ3v) is 4.70. The van der Waals surface area contributed by atoms with Gasteiger partial charge in [0.2, 0.25) is 0 Å². The first-order chi connectivity index (χ1) is 10.4. The minimum absolute atomic E-state index is 0.155. The fourth-order valence-electron chi connectivity index (χ4n) is 3.35. The van der Waals surface area contributed by atoms with Gasteiger partial charge in [-0.25, -0.2) is 4.79 Å². The monoisotopic (exact) mass is 301 g/mol. The number of carbonyl (C=O) groups excluding carboxylic acids is 1. The van der Waals surface area contributed by atoms with Crippen LogP contribution in [0.1, 0.15) is 51.5 Å². The van der Waals surface area contributed by atoms with Gasteiger partial charge < -0.3 is 9.64 Å². The second-order valence-electron chi connectivity index (χ2n) is 7.84. The highest BCUT2D eigenvalue weighted by Gasteiger charge is 2.40. The maximum absolute atomic E-state index is 11.9. The molecule has 2 atom stereocenters. The summed E-state index contributed by atoms with van der Waals surface area (Å²) in [7, 11) is 0. The van der Waals surface area contributed by atoms with E-state index in [1.165, 1.54) is 24.8 Å². The van der Waals surface area contributed by atoms with E-state index in [1.54, 1.807) is 0 Å². The molecule has 3 heteroatoms. The molecule has 1 saturated carbocycles. The molecule has 1 saturated heterocycles. The standard InChI is InChI=1S/C19H27NO2/c1-19(2,3)22-18(21)20-12-14(13-20)9-10-16-11-17(16)15-7-5-4-6-8-15/h4-8,14,16-17H,9-13H2,1-3H3. The Kier molecular flexibility index (Phi) is 4.16. The van der Waals surface area contributed by atoms with E-state index in [0.717, 1.165) is 24.9 Å². The largest absolute Gasteiger partial charge is 0.444 e. The van der Waals surface area contributed by atoms with E-state index in [-0.39, 0.29) is 11.7 Å². The molecule has 3 rings (SSSR count). The summed E-state index contributed by atoms with van der Waals surface area (Å²) in [4.78, 5) is 13.7. The molecule has 120 valence electrons. The van der Waals surface area contributed by atoms with Crippen LogP contribution in [0.25, 0.3) is 0 Å². The Labute approximate surface area is 133 Å². The Morgan fingerprint density at radius 2 is 1.86 bits per heavy atom. The average molecular weight is 301 g/mol. The predicted molar refractivity (Wildman–Crippen MR) is 87.8 cm³/mol. The molecule has 0 N–H and O–H groups in total. The van der Waals surface area contributed by atoms with Crippen molar-refractivity contribution in [3.05, 3.63) is 35.9 Å². The Bertz CT molecular complexity index is 514. The van der Waals surface area contributed by atoms with Crippen LogP contribution in [-0.4, -0.2) is 29.7 Å². The number of amides is 1. The molecule has 0 bridgehead atoms. The second-order valence-corrected chi connectivity index (χ2v) is 7.84. The zero-order chi connectivity index (χ0) is 15.7. The molecule has 3 nitrogen and oxygen atoms in total. The van der Waals surface area contributed by atoms with E-state index in [1.807, 2.05) is 25.7 Å². The van der Waals surface area contributed by atoms with Gasteiger partial charge in [-0.05, 0) is 63.4 Å². The van der Waals surface area contributed by atoms with Gasteiger partial charge in [0.25, 0.3) is 0 Å². The summed E-state index contributed by atoms with van der Waals surface area (Å²) in [5.41, 5.74) is 1.11. The van der Waals surface area contributed by atoms with Gasteiger partial charge in [-0.1, -0.05) is 30.3 Å². The van der Waals surface area contributed by atoms with Crippen LogP contribution < -0.4 is 0 Å². The molecule has 1 aliphatic carbocycles. The molecule has 2 unspecified atom stereocenters. The Morgan fingerprint density at radius 1 is 1.18 bits per heavy atom. The third kappa shape index (κ3) is 3.82. The molecule has 2 fully saturated rings. The van der Waals surface area contributed by atoms with Gasteiger partial charge in [0.05, 0.1) is 0 Å². The zero-order valence-corrected chi connectivity index (χ0v) is 13.9. The van der Waals surface area contributed by atoms with E-state index in [9.17, 15) is 4.79 Å². The number of rotatable bonds is 4. The summed E-state index contributed by atoms with van der Waals surface area (Å²) in [6, 6.07) is 10.8. The van der Waals surface area contributed by atoms with Crippen LogP contribution in [0.3, 0.4) is 0 Å². The van der Waals surface area contributed by atoms with Gasteiger partial charge in [0.1, 0.15) is 5.60 Å². The lowest BCUT2D eigenvalue weighted by Gasteiger charge is -2.40. The lowest BCUT2D eigenvalue weighted by Crippen LogP contribution is -2.51. The molecular weight excluding hydrogens is 274 g/mol. The number of carbonyl (C=O) groups is 1. The molecule has 1 amide bonds. The van der Waals surface area contributed by atoms with Crippen molar-refractivity contribution in [2.75, 3.05) is 13.1 Å². The lowest BCUT2D eigenvalue weighted by molar-refractivity contribution is -0.00254. The Balaban J connectivity index is 1.34. The minimum atomic E-state index is -0.390. The molecule has 1 aliphatic heterocycles. The maximum Gasteiger partial charge on any atom is 0.410 e. The van der Waals surface area contributed by atoms with Crippen molar-refractivity contribution in [1.82, 2.24) is 4.90 Å². The SMILES string of the molecule is CC(C)(C)OC(=O)N1CC(CCC2CC2c2ccccc2)C1. The van der Waals surface area contributed by atoms with Crippen LogP contribution >= 0.6 is 0 Å². The smallest absolute Gasteiger partial charge is 0.410 e. The zero-order valence-electron chi connectivity index (χ0n) is 13.9. The van der Waals surface area contributed by atoms with E-state index >= 15 is 0 Å². The van der Waals surface area contributed by atoms with E-state index in [0.29, 0.717) is 5.92 Å². The van der Waals surface area contributed by atoms with Crippen molar-refractivity contribution in [1.29, 1.82) is 0 Å². The summed E-state index contributed by atoms with van der Waals surface area (Å²) in [6.07, 6.45) is 3.73. The molecule has 1 heterocycles. The normalized spacial score (nSPS) is 24.8. The quantitative estimate of drug-likeness (QED) is 0.823. The fourth-order valence-corrected chi connectivity index (χ4v) is 3.35. The van der Waals surface area contributed by atoms with Crippen LogP contribution in [-0.2, 0) is 4.74 Å². The molecule has 2 aliphatic rings. The maximum atomic E-state index is 11.9. The van der Waals surface area contributed by atoms with Gasteiger partial charge in [-0.2, -0.15) is 0 Å². The number of likely N-dealkylation sites (tertiary alicyclic amines) is 1. The summed E-state index contributed by atoms with van der Waals surface area (Å²) < 4.78 is 5.39. The molecule has 0 aromatic heterocycles. The third-order valence-electron chi connectivity index (χ3n) is 4.70. The first-order valence-corrected chi connectivity index (χ1v) is 8.45. The van der Waals surface area contributed by atoms with Crippen LogP contribution in [0.15, 0.2) is 30.3 Å². The van der Waals surface area contributed by atoms with Crippen LogP contribution in [0.4, 0.5) is 4.79 Å². The summed E-state index contributed by atoms with van der Waals surface area (Å²) in [6.45, 7) is 7.49. The van der Waals surface area contributed by atoms with Crippen LogP contribution in [0.2, 0.25) is 0 Å². The topological polar surface area (TPSA) is 29.5 Å². The fraction of sp³-hybridized carbons (Fsp3) is 0.632. The highest BCUT2D eigenvalue weighted by atomic mass is 16.6. The first-order valence-electron chi connectivity index (χ1n) is 8.45. The number of nitrogens with zero attached hydrogens (tertiary/aromatic N) is 1. The summed E-state index contributed by atoms with van der Waals surface area (Å²) in [5.74, 6) is 2.31. The molecule has 22 heavy (non-hydrogen) atoms. The van der Waals surface area contributed by atoms with Crippen molar-refractivity contribution in [2.24, 2.45) is 11.8 Å². The highest BCUT2D eigenvalue weighted by molar-refractivity contribution is 5.69. The summed E-state index contributed by atoms with van der Waals surface area (Å²) in [5, 5.41) is 0. The van der Waals surface area contributed by atoms with Crippen molar-refractivity contribution >= 4 is 6.09 Å². The van der Waals surface area contributed by atoms with Gasteiger partial charge in [-0.3, -0.25) is 0 Å². The number of hydrogen-bond donors (Lipinski definition) is 0. The van der Waals surface area contributed by atoms with Crippen LogP contribution in [0.5, 0.6) is 0 Å². The van der Waals surface area contributed by atoms with Crippen molar-refractivity contribution in [3.8, 4) is 0 Å². The first kappa shape index (κ1) is 15.4. The summed E-state index contributed by atoms with van der Waals surface area (Å²) >= 11 is 0. The van der Waals surface area contributed by atoms with Gasteiger partial charge in [0.15, 0.2) is 0 Å². The average Bonchev–Trinajstić information content (AvgIpc) is 3.15. The van der Waals surface area contributed by atoms with Crippen molar-refractivity contribution in [2.45, 2.75) is 51.6 Å². The molecule has 1 aromatic carbocycles. The lowest BCUT2D eigenvalue weighted by atomic mass is 9.93. The Hall–Kier alpha value is -1.51. The number of benzene rings is 1.